The van der Waals surface area contributed by atoms with Crippen molar-refractivity contribution in [3.05, 3.63) is 77.9 Å². The number of benzene rings is 3. The second-order valence-electron chi connectivity index (χ2n) is 9.95. The molecule has 8 heteroatoms. The number of methoxy groups -OCH3 is 1. The molecule has 1 aliphatic carbocycles. The Morgan fingerprint density at radius 3 is 2.49 bits per heavy atom. The minimum absolute atomic E-state index is 0.303. The summed E-state index contributed by atoms with van der Waals surface area (Å²) in [7, 11) is 1.61. The lowest BCUT2D eigenvalue weighted by molar-refractivity contribution is -0.140. The Hall–Kier alpha value is -4.20. The monoisotopic (exact) mass is 496 g/mol. The van der Waals surface area contributed by atoms with Gasteiger partial charge in [0.15, 0.2) is 0 Å². The molecule has 2 fully saturated rings. The maximum Gasteiger partial charge on any atom is 0.325 e. The van der Waals surface area contributed by atoms with Crippen LogP contribution in [-0.4, -0.2) is 52.7 Å². The Morgan fingerprint density at radius 2 is 1.76 bits per heavy atom. The lowest BCUT2D eigenvalue weighted by Gasteiger charge is -2.24. The van der Waals surface area contributed by atoms with Gasteiger partial charge in [-0.05, 0) is 52.9 Å². The van der Waals surface area contributed by atoms with Gasteiger partial charge in [-0.25, -0.2) is 9.80 Å². The number of rotatable bonds is 5. The van der Waals surface area contributed by atoms with Crippen molar-refractivity contribution in [3.8, 4) is 5.75 Å². The summed E-state index contributed by atoms with van der Waals surface area (Å²) >= 11 is 0. The van der Waals surface area contributed by atoms with E-state index in [0.717, 1.165) is 51.1 Å². The van der Waals surface area contributed by atoms with Crippen LogP contribution in [0.15, 0.2) is 71.8 Å². The van der Waals surface area contributed by atoms with Gasteiger partial charge in [-0.2, -0.15) is 5.10 Å². The molecule has 3 aliphatic rings. The number of hydrogen-bond acceptors (Lipinski definition) is 5. The molecule has 3 aromatic carbocycles. The molecule has 6 rings (SSSR count). The summed E-state index contributed by atoms with van der Waals surface area (Å²) in [5.74, 6) is 0.0221. The van der Waals surface area contributed by atoms with Crippen molar-refractivity contribution in [2.75, 3.05) is 13.7 Å². The summed E-state index contributed by atoms with van der Waals surface area (Å²) in [6, 6.07) is 20.9. The summed E-state index contributed by atoms with van der Waals surface area (Å²) in [5, 5.41) is 11.3. The first-order chi connectivity index (χ1) is 18.0. The van der Waals surface area contributed by atoms with Gasteiger partial charge in [-0.3, -0.25) is 14.5 Å². The quantitative estimate of drug-likeness (QED) is 0.531. The summed E-state index contributed by atoms with van der Waals surface area (Å²) in [6.07, 6.45) is 3.52. The van der Waals surface area contributed by atoms with E-state index in [9.17, 15) is 14.4 Å². The third-order valence-corrected chi connectivity index (χ3v) is 7.75. The summed E-state index contributed by atoms with van der Waals surface area (Å²) < 4.78 is 5.30. The van der Waals surface area contributed by atoms with Gasteiger partial charge in [-0.15, -0.1) is 0 Å². The number of hydrogen-bond donors (Lipinski definition) is 1. The van der Waals surface area contributed by atoms with Crippen LogP contribution in [0, 0.1) is 0 Å². The van der Waals surface area contributed by atoms with Crippen LogP contribution < -0.4 is 10.1 Å². The van der Waals surface area contributed by atoms with Crippen LogP contribution >= 0.6 is 0 Å². The van der Waals surface area contributed by atoms with Crippen LogP contribution in [0.2, 0.25) is 0 Å². The number of nitrogens with one attached hydrogen (secondary N) is 1. The van der Waals surface area contributed by atoms with Crippen molar-refractivity contribution < 1.29 is 19.1 Å². The molecule has 1 saturated carbocycles. The molecule has 1 saturated heterocycles. The fourth-order valence-electron chi connectivity index (χ4n) is 5.71. The Morgan fingerprint density at radius 1 is 1.03 bits per heavy atom. The zero-order valence-electron chi connectivity index (χ0n) is 20.6. The lowest BCUT2D eigenvalue weighted by atomic mass is 9.96. The Kier molecular flexibility index (Phi) is 5.67. The molecular weight excluding hydrogens is 468 g/mol. The van der Waals surface area contributed by atoms with Crippen molar-refractivity contribution in [2.24, 2.45) is 5.10 Å². The van der Waals surface area contributed by atoms with E-state index in [1.54, 1.807) is 7.11 Å². The number of amides is 4. The first-order valence-corrected chi connectivity index (χ1v) is 12.6. The highest BCUT2D eigenvalue weighted by molar-refractivity contribution is 6.10. The minimum Gasteiger partial charge on any atom is -0.497 e. The van der Waals surface area contributed by atoms with Gasteiger partial charge in [0.25, 0.3) is 11.8 Å². The van der Waals surface area contributed by atoms with Crippen molar-refractivity contribution in [2.45, 2.75) is 43.7 Å². The number of ether oxygens (including phenoxy) is 1. The summed E-state index contributed by atoms with van der Waals surface area (Å²) in [4.78, 5) is 40.5. The fourth-order valence-corrected chi connectivity index (χ4v) is 5.71. The molecular formula is C29H28N4O4. The predicted octanol–water partition coefficient (Wildman–Crippen LogP) is 4.39. The first-order valence-electron chi connectivity index (χ1n) is 12.6. The predicted molar refractivity (Wildman–Crippen MR) is 139 cm³/mol. The number of urea groups is 1. The van der Waals surface area contributed by atoms with Gasteiger partial charge in [0.1, 0.15) is 17.8 Å². The van der Waals surface area contributed by atoms with Gasteiger partial charge < -0.3 is 10.1 Å². The number of fused-ring (bicyclic) bond motifs is 1. The number of carbonyl (C=O) groups excluding carboxylic acids is 3. The fraction of sp³-hybridized carbons (Fsp3) is 0.310. The molecule has 0 radical (unpaired) electrons. The highest BCUT2D eigenvalue weighted by Crippen LogP contribution is 2.37. The van der Waals surface area contributed by atoms with E-state index in [1.165, 1.54) is 5.01 Å². The molecule has 1 spiro atoms. The van der Waals surface area contributed by atoms with Gasteiger partial charge in [-0.1, -0.05) is 61.4 Å². The molecule has 0 unspecified atom stereocenters. The van der Waals surface area contributed by atoms with E-state index in [2.05, 4.69) is 23.5 Å². The van der Waals surface area contributed by atoms with Gasteiger partial charge in [0.05, 0.1) is 18.9 Å². The van der Waals surface area contributed by atoms with E-state index in [-0.39, 0.29) is 18.5 Å². The Bertz CT molecular complexity index is 1430. The van der Waals surface area contributed by atoms with Crippen LogP contribution in [0.3, 0.4) is 0 Å². The van der Waals surface area contributed by atoms with Gasteiger partial charge in [0, 0.05) is 6.42 Å². The molecule has 37 heavy (non-hydrogen) atoms. The molecule has 3 aromatic rings. The number of imide groups is 1. The van der Waals surface area contributed by atoms with E-state index >= 15 is 0 Å². The molecule has 4 amide bonds. The molecule has 2 heterocycles. The van der Waals surface area contributed by atoms with Crippen LogP contribution in [0.25, 0.3) is 10.8 Å². The molecule has 2 aliphatic heterocycles. The number of carbonyl (C=O) groups is 3. The summed E-state index contributed by atoms with van der Waals surface area (Å²) in [6.45, 7) is -0.340. The largest absolute Gasteiger partial charge is 0.497 e. The maximum atomic E-state index is 13.6. The second-order valence-corrected chi connectivity index (χ2v) is 9.95. The standard InChI is InChI=1S/C29H28N4O4/c1-37-23-12-10-20(11-13-23)25-17-24(22-9-8-19-6-2-3-7-21(19)16-22)31-33(25)26(34)18-32-27(35)29(30-28(32)36)14-4-5-15-29/h2-3,6-13,16,25H,4-5,14-15,17-18H2,1H3,(H,30,36)/t25-/m0/s1. The highest BCUT2D eigenvalue weighted by Gasteiger charge is 2.53. The Balaban J connectivity index is 1.31. The van der Waals surface area contributed by atoms with E-state index in [0.29, 0.717) is 19.3 Å². The summed E-state index contributed by atoms with van der Waals surface area (Å²) in [5.41, 5.74) is 1.77. The zero-order chi connectivity index (χ0) is 25.6. The number of hydrazone groups is 1. The molecule has 8 nitrogen and oxygen atoms in total. The minimum atomic E-state index is -0.850. The van der Waals surface area contributed by atoms with Crippen molar-refractivity contribution in [1.82, 2.24) is 15.2 Å². The van der Waals surface area contributed by atoms with Crippen molar-refractivity contribution in [1.29, 1.82) is 0 Å². The third-order valence-electron chi connectivity index (χ3n) is 7.75. The average Bonchev–Trinajstić information content (AvgIpc) is 3.64. The maximum absolute atomic E-state index is 13.6. The zero-order valence-corrected chi connectivity index (χ0v) is 20.6. The van der Waals surface area contributed by atoms with Crippen LogP contribution in [0.5, 0.6) is 5.75 Å². The highest BCUT2D eigenvalue weighted by atomic mass is 16.5. The molecule has 188 valence electrons. The first kappa shape index (κ1) is 23.2. The third kappa shape index (κ3) is 4.02. The van der Waals surface area contributed by atoms with Crippen molar-refractivity contribution in [3.63, 3.8) is 0 Å². The SMILES string of the molecule is COc1ccc([C@@H]2CC(c3ccc4ccccc4c3)=NN2C(=O)CN2C(=O)NC3(CCCC3)C2=O)cc1. The molecule has 1 N–H and O–H groups in total. The van der Waals surface area contributed by atoms with Crippen molar-refractivity contribution >= 4 is 34.3 Å². The topological polar surface area (TPSA) is 91.3 Å². The van der Waals surface area contributed by atoms with Gasteiger partial charge in [0.2, 0.25) is 0 Å². The smallest absolute Gasteiger partial charge is 0.325 e. The number of nitrogens with zero attached hydrogens (tertiary/aromatic N) is 3. The van der Waals surface area contributed by atoms with Crippen LogP contribution in [0.4, 0.5) is 4.79 Å². The van der Waals surface area contributed by atoms with E-state index in [1.807, 2.05) is 48.5 Å². The Labute approximate surface area is 214 Å². The normalized spacial score (nSPS) is 20.6. The van der Waals surface area contributed by atoms with E-state index < -0.39 is 17.5 Å². The molecule has 1 atom stereocenters. The lowest BCUT2D eigenvalue weighted by Crippen LogP contribution is -2.45. The van der Waals surface area contributed by atoms with Crippen LogP contribution in [0.1, 0.15) is 49.3 Å². The van der Waals surface area contributed by atoms with E-state index in [4.69, 9.17) is 9.84 Å². The van der Waals surface area contributed by atoms with Crippen LogP contribution in [-0.2, 0) is 9.59 Å². The molecule has 0 aromatic heterocycles. The molecule has 0 bridgehead atoms. The average molecular weight is 497 g/mol. The van der Waals surface area contributed by atoms with Gasteiger partial charge >= 0.3 is 6.03 Å². The second kappa shape index (κ2) is 9.03.